The van der Waals surface area contributed by atoms with E-state index in [0.29, 0.717) is 17.0 Å². The molecule has 110 valence electrons. The van der Waals surface area contributed by atoms with Crippen LogP contribution in [0.15, 0.2) is 51.4 Å². The zero-order valence-corrected chi connectivity index (χ0v) is 13.1. The first kappa shape index (κ1) is 14.4. The second-order valence-corrected chi connectivity index (χ2v) is 5.54. The number of benzene rings is 2. The molecule has 0 fully saturated rings. The molecule has 0 radical (unpaired) electrons. The third kappa shape index (κ3) is 2.62. The molecular weight excluding hydrogens is 350 g/mol. The Labute approximate surface area is 134 Å². The van der Waals surface area contributed by atoms with Crippen molar-refractivity contribution in [3.63, 3.8) is 0 Å². The van der Waals surface area contributed by atoms with Crippen LogP contribution in [-0.2, 0) is 0 Å². The van der Waals surface area contributed by atoms with Crippen LogP contribution in [0, 0.1) is 17.0 Å². The van der Waals surface area contributed by atoms with E-state index in [2.05, 4.69) is 26.1 Å². The number of hydrogen-bond acceptors (Lipinski definition) is 5. The molecule has 0 bridgehead atoms. The van der Waals surface area contributed by atoms with Gasteiger partial charge in [0.25, 0.3) is 5.69 Å². The number of nitro benzene ring substituents is 1. The molecule has 0 spiro atoms. The van der Waals surface area contributed by atoms with Crippen LogP contribution in [0.25, 0.3) is 22.9 Å². The molecule has 2 aromatic carbocycles. The highest BCUT2D eigenvalue weighted by Gasteiger charge is 2.18. The fraction of sp³-hybridized carbons (Fsp3) is 0.0667. The van der Waals surface area contributed by atoms with Crippen LogP contribution in [-0.4, -0.2) is 15.1 Å². The van der Waals surface area contributed by atoms with Crippen molar-refractivity contribution in [1.82, 2.24) is 10.2 Å². The highest BCUT2D eigenvalue weighted by Crippen LogP contribution is 2.30. The second-order valence-electron chi connectivity index (χ2n) is 4.63. The van der Waals surface area contributed by atoms with Gasteiger partial charge >= 0.3 is 0 Å². The molecule has 3 rings (SSSR count). The topological polar surface area (TPSA) is 82.1 Å². The lowest BCUT2D eigenvalue weighted by Crippen LogP contribution is -1.93. The third-order valence-corrected chi connectivity index (χ3v) is 3.78. The summed E-state index contributed by atoms with van der Waals surface area (Å²) in [5, 5.41) is 19.0. The van der Waals surface area contributed by atoms with Crippen molar-refractivity contribution < 1.29 is 9.34 Å². The molecule has 0 saturated heterocycles. The molecule has 3 aromatic rings. The molecule has 6 nitrogen and oxygen atoms in total. The summed E-state index contributed by atoms with van der Waals surface area (Å²) in [5.74, 6) is 0.632. The number of hydrogen-bond donors (Lipinski definition) is 0. The maximum absolute atomic E-state index is 11.0. The highest BCUT2D eigenvalue weighted by molar-refractivity contribution is 9.10. The van der Waals surface area contributed by atoms with E-state index in [4.69, 9.17) is 4.42 Å². The molecule has 0 unspecified atom stereocenters. The van der Waals surface area contributed by atoms with Gasteiger partial charge in [0.05, 0.1) is 4.92 Å². The van der Waals surface area contributed by atoms with Crippen molar-refractivity contribution >= 4 is 21.6 Å². The summed E-state index contributed by atoms with van der Waals surface area (Å²) >= 11 is 3.36. The Hall–Kier alpha value is -2.54. The van der Waals surface area contributed by atoms with Crippen LogP contribution < -0.4 is 0 Å². The molecule has 0 atom stereocenters. The van der Waals surface area contributed by atoms with E-state index in [1.54, 1.807) is 19.1 Å². The number of aromatic nitrogens is 2. The van der Waals surface area contributed by atoms with Crippen LogP contribution in [0.1, 0.15) is 5.56 Å². The normalized spacial score (nSPS) is 10.6. The van der Waals surface area contributed by atoms with Crippen LogP contribution in [0.5, 0.6) is 0 Å². The van der Waals surface area contributed by atoms with Gasteiger partial charge in [-0.15, -0.1) is 10.2 Å². The Balaban J connectivity index is 2.03. The predicted octanol–water partition coefficient (Wildman–Crippen LogP) is 4.38. The minimum atomic E-state index is -0.426. The van der Waals surface area contributed by atoms with Gasteiger partial charge in [-0.2, -0.15) is 0 Å². The maximum Gasteiger partial charge on any atom is 0.273 e. The fourth-order valence-corrected chi connectivity index (χ4v) is 2.36. The van der Waals surface area contributed by atoms with Crippen LogP contribution in [0.3, 0.4) is 0 Å². The third-order valence-electron chi connectivity index (χ3n) is 3.25. The van der Waals surface area contributed by atoms with E-state index in [1.807, 2.05) is 24.3 Å². The van der Waals surface area contributed by atoms with Crippen molar-refractivity contribution in [1.29, 1.82) is 0 Å². The summed E-state index contributed by atoms with van der Waals surface area (Å²) in [4.78, 5) is 10.6. The average Bonchev–Trinajstić information content (AvgIpc) is 2.97. The van der Waals surface area contributed by atoms with Gasteiger partial charge in [0.2, 0.25) is 11.8 Å². The van der Waals surface area contributed by atoms with E-state index < -0.39 is 4.92 Å². The van der Waals surface area contributed by atoms with Crippen molar-refractivity contribution in [3.05, 3.63) is 62.6 Å². The van der Waals surface area contributed by atoms with Gasteiger partial charge in [-0.3, -0.25) is 10.1 Å². The molecule has 0 aliphatic heterocycles. The Bertz CT molecular complexity index is 843. The van der Waals surface area contributed by atoms with E-state index in [9.17, 15) is 10.1 Å². The van der Waals surface area contributed by atoms with Gasteiger partial charge in [-0.25, -0.2) is 0 Å². The van der Waals surface area contributed by atoms with Crippen molar-refractivity contribution in [2.75, 3.05) is 0 Å². The van der Waals surface area contributed by atoms with Gasteiger partial charge in [-0.1, -0.05) is 22.0 Å². The summed E-state index contributed by atoms with van der Waals surface area (Å²) in [6, 6.07) is 12.2. The number of rotatable bonds is 3. The number of nitrogens with zero attached hydrogens (tertiary/aromatic N) is 3. The fourth-order valence-electron chi connectivity index (χ4n) is 2.09. The molecule has 22 heavy (non-hydrogen) atoms. The quantitative estimate of drug-likeness (QED) is 0.511. The molecule has 1 heterocycles. The van der Waals surface area contributed by atoms with E-state index in [1.165, 1.54) is 6.07 Å². The average molecular weight is 360 g/mol. The molecule has 0 saturated carbocycles. The Kier molecular flexibility index (Phi) is 3.72. The first-order valence-electron chi connectivity index (χ1n) is 6.40. The van der Waals surface area contributed by atoms with Gasteiger partial charge in [0.15, 0.2) is 0 Å². The lowest BCUT2D eigenvalue weighted by molar-refractivity contribution is -0.385. The molecule has 1 aromatic heterocycles. The summed E-state index contributed by atoms with van der Waals surface area (Å²) in [5.41, 5.74) is 1.87. The van der Waals surface area contributed by atoms with Crippen LogP contribution >= 0.6 is 15.9 Å². The summed E-state index contributed by atoms with van der Waals surface area (Å²) < 4.78 is 6.60. The molecule has 0 aliphatic carbocycles. The Morgan fingerprint density at radius 2 is 1.77 bits per heavy atom. The zero-order valence-electron chi connectivity index (χ0n) is 11.5. The summed E-state index contributed by atoms with van der Waals surface area (Å²) in [6.45, 7) is 1.66. The van der Waals surface area contributed by atoms with Crippen molar-refractivity contribution in [2.24, 2.45) is 0 Å². The first-order valence-corrected chi connectivity index (χ1v) is 7.19. The monoisotopic (exact) mass is 359 g/mol. The smallest absolute Gasteiger partial charge is 0.273 e. The second kappa shape index (κ2) is 5.69. The zero-order chi connectivity index (χ0) is 15.7. The van der Waals surface area contributed by atoms with E-state index in [-0.39, 0.29) is 11.6 Å². The maximum atomic E-state index is 11.0. The SMILES string of the molecule is Cc1c(-c2nnc(-c3ccc(Br)cc3)o2)cccc1[N+](=O)[O-]. The van der Waals surface area contributed by atoms with E-state index >= 15 is 0 Å². The van der Waals surface area contributed by atoms with Gasteiger partial charge < -0.3 is 4.42 Å². The predicted molar refractivity (Wildman–Crippen MR) is 84.3 cm³/mol. The largest absolute Gasteiger partial charge is 0.416 e. The molecule has 7 heteroatoms. The molecular formula is C15H10BrN3O3. The van der Waals surface area contributed by atoms with Crippen LogP contribution in [0.4, 0.5) is 5.69 Å². The highest BCUT2D eigenvalue weighted by atomic mass is 79.9. The van der Waals surface area contributed by atoms with Gasteiger partial charge in [0.1, 0.15) is 0 Å². The van der Waals surface area contributed by atoms with Gasteiger partial charge in [0, 0.05) is 27.2 Å². The standard InChI is InChI=1S/C15H10BrN3O3/c1-9-12(3-2-4-13(9)19(20)21)15-18-17-14(22-15)10-5-7-11(16)8-6-10/h2-8H,1H3. The summed E-state index contributed by atoms with van der Waals surface area (Å²) in [6.07, 6.45) is 0. The number of nitro groups is 1. The molecule has 0 aliphatic rings. The minimum Gasteiger partial charge on any atom is -0.416 e. The van der Waals surface area contributed by atoms with Crippen LogP contribution in [0.2, 0.25) is 0 Å². The molecule has 0 N–H and O–H groups in total. The lowest BCUT2D eigenvalue weighted by Gasteiger charge is -2.01. The van der Waals surface area contributed by atoms with E-state index in [0.717, 1.165) is 10.0 Å². The summed E-state index contributed by atoms with van der Waals surface area (Å²) in [7, 11) is 0. The van der Waals surface area contributed by atoms with Crippen molar-refractivity contribution in [2.45, 2.75) is 6.92 Å². The number of halogens is 1. The Morgan fingerprint density at radius 1 is 1.09 bits per heavy atom. The first-order chi connectivity index (χ1) is 10.6. The Morgan fingerprint density at radius 3 is 2.45 bits per heavy atom. The lowest BCUT2D eigenvalue weighted by atomic mass is 10.1. The minimum absolute atomic E-state index is 0.0286. The van der Waals surface area contributed by atoms with Gasteiger partial charge in [-0.05, 0) is 37.3 Å². The molecule has 0 amide bonds. The van der Waals surface area contributed by atoms with Crippen molar-refractivity contribution in [3.8, 4) is 22.9 Å².